The van der Waals surface area contributed by atoms with Crippen molar-refractivity contribution in [1.82, 2.24) is 10.2 Å². The summed E-state index contributed by atoms with van der Waals surface area (Å²) in [6.07, 6.45) is 1.54. The molecule has 98 valence electrons. The van der Waals surface area contributed by atoms with Crippen molar-refractivity contribution in [3.63, 3.8) is 0 Å². The van der Waals surface area contributed by atoms with Gasteiger partial charge in [0, 0.05) is 17.2 Å². The van der Waals surface area contributed by atoms with Gasteiger partial charge < -0.3 is 10.4 Å². The van der Waals surface area contributed by atoms with E-state index >= 15 is 0 Å². The van der Waals surface area contributed by atoms with Gasteiger partial charge in [0.1, 0.15) is 5.82 Å². The number of carbonyl (C=O) groups is 1. The van der Waals surface area contributed by atoms with Gasteiger partial charge in [0.2, 0.25) is 0 Å². The van der Waals surface area contributed by atoms with Crippen LogP contribution >= 0.6 is 0 Å². The molecule has 0 spiro atoms. The number of aromatic amines is 1. The number of phenols is 1. The Kier molecular flexibility index (Phi) is 3.15. The van der Waals surface area contributed by atoms with Gasteiger partial charge in [0.25, 0.3) is 5.91 Å². The molecule has 1 aromatic carbocycles. The molecule has 0 atom stereocenters. The van der Waals surface area contributed by atoms with Crippen molar-refractivity contribution in [2.45, 2.75) is 6.92 Å². The highest BCUT2D eigenvalue weighted by atomic mass is 16.6. The van der Waals surface area contributed by atoms with Crippen LogP contribution < -0.4 is 5.32 Å². The Morgan fingerprint density at radius 2 is 2.26 bits per heavy atom. The minimum Gasteiger partial charge on any atom is -0.502 e. The van der Waals surface area contributed by atoms with E-state index in [-0.39, 0.29) is 5.56 Å². The van der Waals surface area contributed by atoms with Crippen LogP contribution in [0.2, 0.25) is 0 Å². The SMILES string of the molecule is Cc1cn[nH]c1NC(=O)c1ccc([N+](=O)[O-])c(O)c1. The van der Waals surface area contributed by atoms with Crippen molar-refractivity contribution < 1.29 is 14.8 Å². The second kappa shape index (κ2) is 4.77. The molecule has 0 unspecified atom stereocenters. The number of anilines is 1. The van der Waals surface area contributed by atoms with Crippen molar-refractivity contribution in [1.29, 1.82) is 0 Å². The molecule has 1 amide bonds. The number of nitrogens with one attached hydrogen (secondary N) is 2. The largest absolute Gasteiger partial charge is 0.502 e. The van der Waals surface area contributed by atoms with Crippen molar-refractivity contribution in [3.05, 3.63) is 45.6 Å². The number of amides is 1. The van der Waals surface area contributed by atoms with E-state index < -0.39 is 22.3 Å². The highest BCUT2D eigenvalue weighted by Gasteiger charge is 2.16. The predicted octanol–water partition coefficient (Wildman–Crippen LogP) is 1.58. The van der Waals surface area contributed by atoms with Gasteiger partial charge in [-0.1, -0.05) is 0 Å². The van der Waals surface area contributed by atoms with E-state index in [1.54, 1.807) is 13.1 Å². The minimum absolute atomic E-state index is 0.108. The van der Waals surface area contributed by atoms with E-state index in [9.17, 15) is 20.0 Å². The summed E-state index contributed by atoms with van der Waals surface area (Å²) in [6, 6.07) is 3.38. The van der Waals surface area contributed by atoms with Crippen LogP contribution in [0.25, 0.3) is 0 Å². The van der Waals surface area contributed by atoms with Crippen LogP contribution in [0.5, 0.6) is 5.75 Å². The highest BCUT2D eigenvalue weighted by Crippen LogP contribution is 2.26. The maximum atomic E-state index is 11.9. The van der Waals surface area contributed by atoms with Crippen LogP contribution in [-0.4, -0.2) is 26.1 Å². The number of nitro benzene ring substituents is 1. The Labute approximate surface area is 107 Å². The van der Waals surface area contributed by atoms with Crippen LogP contribution in [-0.2, 0) is 0 Å². The van der Waals surface area contributed by atoms with E-state index in [1.165, 1.54) is 6.07 Å². The number of carbonyl (C=O) groups excluding carboxylic acids is 1. The van der Waals surface area contributed by atoms with Gasteiger partial charge in [0.05, 0.1) is 11.1 Å². The predicted molar refractivity (Wildman–Crippen MR) is 66.0 cm³/mol. The molecule has 0 aliphatic carbocycles. The third-order valence-electron chi connectivity index (χ3n) is 2.50. The Balaban J connectivity index is 2.23. The van der Waals surface area contributed by atoms with E-state index in [4.69, 9.17) is 0 Å². The van der Waals surface area contributed by atoms with Crippen LogP contribution in [0.1, 0.15) is 15.9 Å². The number of phenolic OH excluding ortho intramolecular Hbond substituents is 1. The topological polar surface area (TPSA) is 121 Å². The molecule has 8 heteroatoms. The number of hydrogen-bond acceptors (Lipinski definition) is 5. The lowest BCUT2D eigenvalue weighted by molar-refractivity contribution is -0.385. The van der Waals surface area contributed by atoms with Gasteiger partial charge in [0.15, 0.2) is 5.75 Å². The van der Waals surface area contributed by atoms with Crippen LogP contribution in [0.15, 0.2) is 24.4 Å². The molecule has 0 aliphatic rings. The second-order valence-electron chi connectivity index (χ2n) is 3.84. The average molecular weight is 262 g/mol. The molecule has 8 nitrogen and oxygen atoms in total. The van der Waals surface area contributed by atoms with Crippen molar-refractivity contribution >= 4 is 17.4 Å². The summed E-state index contributed by atoms with van der Waals surface area (Å²) >= 11 is 0. The number of H-pyrrole nitrogens is 1. The summed E-state index contributed by atoms with van der Waals surface area (Å²) in [4.78, 5) is 21.7. The quantitative estimate of drug-likeness (QED) is 0.572. The normalized spacial score (nSPS) is 10.2. The van der Waals surface area contributed by atoms with Gasteiger partial charge in [-0.2, -0.15) is 5.10 Å². The molecule has 0 fully saturated rings. The fraction of sp³-hybridized carbons (Fsp3) is 0.0909. The first-order valence-electron chi connectivity index (χ1n) is 5.28. The number of aromatic hydroxyl groups is 1. The molecule has 0 saturated carbocycles. The number of aromatic nitrogens is 2. The zero-order valence-corrected chi connectivity index (χ0v) is 9.88. The summed E-state index contributed by atoms with van der Waals surface area (Å²) in [6.45, 7) is 1.76. The Hall–Kier alpha value is -2.90. The van der Waals surface area contributed by atoms with Crippen molar-refractivity contribution in [2.24, 2.45) is 0 Å². The Bertz CT molecular complexity index is 650. The number of aryl methyl sites for hydroxylation is 1. The number of nitro groups is 1. The first-order chi connectivity index (χ1) is 8.99. The lowest BCUT2D eigenvalue weighted by atomic mass is 10.1. The third kappa shape index (κ3) is 2.51. The van der Waals surface area contributed by atoms with Crippen molar-refractivity contribution in [2.75, 3.05) is 5.32 Å². The smallest absolute Gasteiger partial charge is 0.310 e. The molecule has 0 radical (unpaired) electrons. The van der Waals surface area contributed by atoms with Gasteiger partial charge >= 0.3 is 5.69 Å². The number of rotatable bonds is 3. The van der Waals surface area contributed by atoms with E-state index in [0.29, 0.717) is 5.82 Å². The molecule has 3 N–H and O–H groups in total. The lowest BCUT2D eigenvalue weighted by Gasteiger charge is -2.04. The van der Waals surface area contributed by atoms with Crippen LogP contribution in [0, 0.1) is 17.0 Å². The standard InChI is InChI=1S/C11H10N4O4/c1-6-5-12-14-10(6)13-11(17)7-2-3-8(15(18)19)9(16)4-7/h2-5,16H,1H3,(H2,12,13,14,17). The van der Waals surface area contributed by atoms with Crippen LogP contribution in [0.3, 0.4) is 0 Å². The van der Waals surface area contributed by atoms with Crippen LogP contribution in [0.4, 0.5) is 11.5 Å². The fourth-order valence-corrected chi connectivity index (χ4v) is 1.48. The van der Waals surface area contributed by atoms with E-state index in [2.05, 4.69) is 15.5 Å². The molecule has 1 aromatic heterocycles. The molecule has 1 heterocycles. The first kappa shape index (κ1) is 12.6. The van der Waals surface area contributed by atoms with Crippen molar-refractivity contribution in [3.8, 4) is 5.75 Å². The maximum Gasteiger partial charge on any atom is 0.310 e. The van der Waals surface area contributed by atoms with Gasteiger partial charge in [-0.3, -0.25) is 20.0 Å². The summed E-state index contributed by atoms with van der Waals surface area (Å²) < 4.78 is 0. The third-order valence-corrected chi connectivity index (χ3v) is 2.50. The maximum absolute atomic E-state index is 11.9. The van der Waals surface area contributed by atoms with Gasteiger partial charge in [-0.05, 0) is 19.1 Å². The minimum atomic E-state index is -0.726. The first-order valence-corrected chi connectivity index (χ1v) is 5.28. The molecule has 19 heavy (non-hydrogen) atoms. The summed E-state index contributed by atoms with van der Waals surface area (Å²) in [7, 11) is 0. The Morgan fingerprint density at radius 1 is 1.53 bits per heavy atom. The molecule has 0 saturated heterocycles. The zero-order valence-electron chi connectivity index (χ0n) is 9.88. The molecule has 0 bridgehead atoms. The second-order valence-corrected chi connectivity index (χ2v) is 3.84. The lowest BCUT2D eigenvalue weighted by Crippen LogP contribution is -2.13. The molecule has 2 rings (SSSR count). The summed E-state index contributed by atoms with van der Waals surface area (Å²) in [5, 5.41) is 28.9. The van der Waals surface area contributed by atoms with E-state index in [0.717, 1.165) is 17.7 Å². The highest BCUT2D eigenvalue weighted by molar-refractivity contribution is 6.04. The molecule has 2 aromatic rings. The Morgan fingerprint density at radius 3 is 2.79 bits per heavy atom. The van der Waals surface area contributed by atoms with Gasteiger partial charge in [-0.25, -0.2) is 0 Å². The number of benzene rings is 1. The molecule has 0 aliphatic heterocycles. The number of nitrogens with zero attached hydrogens (tertiary/aromatic N) is 2. The summed E-state index contributed by atoms with van der Waals surface area (Å²) in [5.74, 6) is -0.626. The van der Waals surface area contributed by atoms with Gasteiger partial charge in [-0.15, -0.1) is 0 Å². The summed E-state index contributed by atoms with van der Waals surface area (Å²) in [5.41, 5.74) is 0.408. The zero-order chi connectivity index (χ0) is 14.0. The number of hydrogen-bond donors (Lipinski definition) is 3. The fourth-order valence-electron chi connectivity index (χ4n) is 1.48. The molecular weight excluding hydrogens is 252 g/mol. The monoisotopic (exact) mass is 262 g/mol. The molecular formula is C11H10N4O4. The average Bonchev–Trinajstić information content (AvgIpc) is 2.74. The van der Waals surface area contributed by atoms with E-state index in [1.807, 2.05) is 0 Å².